The first-order valence-electron chi connectivity index (χ1n) is 10.5. The quantitative estimate of drug-likeness (QED) is 0.148. The fourth-order valence-electron chi connectivity index (χ4n) is 2.37. The Morgan fingerprint density at radius 3 is 2.08 bits per heavy atom. The van der Waals surface area contributed by atoms with Gasteiger partial charge < -0.3 is 31.6 Å². The number of aromatic nitrogens is 5. The van der Waals surface area contributed by atoms with Crippen molar-refractivity contribution in [1.82, 2.24) is 24.8 Å². The molecule has 37 heavy (non-hydrogen) atoms. The summed E-state index contributed by atoms with van der Waals surface area (Å²) >= 11 is 16.7. The SMILES string of the molecule is CCOC(=O)[C-](Cl)C=O.CCOC(=O)c1cnc2c(C)c(C)c(Cl)nn12.Cc1c(N)nnc(Cl)c1C.[K+]. The monoisotopic (exact) mass is 598 g/mol. The van der Waals surface area contributed by atoms with Crippen LogP contribution in [0.1, 0.15) is 46.6 Å². The summed E-state index contributed by atoms with van der Waals surface area (Å²) in [7, 11) is 0. The fraction of sp³-hybridized carbons (Fsp3) is 0.364. The van der Waals surface area contributed by atoms with Crippen LogP contribution in [-0.2, 0) is 19.1 Å². The fourth-order valence-corrected chi connectivity index (χ4v) is 2.83. The molecule has 0 aliphatic rings. The Kier molecular flexibility index (Phi) is 16.4. The largest absolute Gasteiger partial charge is 1.00 e. The number of esters is 2. The van der Waals surface area contributed by atoms with Crippen LogP contribution in [-0.4, -0.2) is 56.2 Å². The molecule has 15 heteroatoms. The van der Waals surface area contributed by atoms with Gasteiger partial charge in [0.2, 0.25) is 0 Å². The summed E-state index contributed by atoms with van der Waals surface area (Å²) in [5.41, 5.74) is 9.93. The number of imidazole rings is 1. The number of halogens is 3. The van der Waals surface area contributed by atoms with Crippen molar-refractivity contribution < 1.29 is 75.2 Å². The molecule has 0 saturated carbocycles. The zero-order valence-corrected chi connectivity index (χ0v) is 26.9. The van der Waals surface area contributed by atoms with Gasteiger partial charge in [0.05, 0.1) is 19.4 Å². The van der Waals surface area contributed by atoms with E-state index in [4.69, 9.17) is 45.3 Å². The summed E-state index contributed by atoms with van der Waals surface area (Å²) < 4.78 is 10.7. The van der Waals surface area contributed by atoms with Gasteiger partial charge in [0, 0.05) is 6.29 Å². The van der Waals surface area contributed by atoms with E-state index in [2.05, 4.69) is 25.0 Å². The van der Waals surface area contributed by atoms with E-state index in [9.17, 15) is 14.4 Å². The van der Waals surface area contributed by atoms with Gasteiger partial charge in [-0.2, -0.15) is 5.10 Å². The van der Waals surface area contributed by atoms with Crippen LogP contribution in [0, 0.1) is 33.1 Å². The predicted octanol–water partition coefficient (Wildman–Crippen LogP) is 1.03. The Morgan fingerprint density at radius 2 is 1.57 bits per heavy atom. The number of nitrogen functional groups attached to an aromatic ring is 1. The normalized spacial score (nSPS) is 9.65. The number of carbonyl (C=O) groups excluding carboxylic acids is 3. The second-order valence-electron chi connectivity index (χ2n) is 6.95. The van der Waals surface area contributed by atoms with E-state index in [1.165, 1.54) is 10.7 Å². The van der Waals surface area contributed by atoms with Gasteiger partial charge in [-0.15, -0.1) is 15.6 Å². The van der Waals surface area contributed by atoms with Gasteiger partial charge in [-0.1, -0.05) is 23.2 Å². The molecular formula is C22H26Cl3KN6O5. The molecular weight excluding hydrogens is 574 g/mol. The number of carbonyl (C=O) groups is 3. The summed E-state index contributed by atoms with van der Waals surface area (Å²) in [6, 6.07) is 0. The standard InChI is InChI=1S/C11H12ClN3O2.C6H8ClN3.C5H6ClO3.K/c1-4-17-11(16)8-5-13-10-7(3)6(2)9(12)14-15(8)10;1-3-4(2)6(8)10-9-5(3)7;1-2-9-5(8)4(6)3-7;/h5H,4H2,1-3H3;1-2H3,(H2,8,10);3H,2H2,1H3;/q;;-1;+1. The van der Waals surface area contributed by atoms with Crippen molar-refractivity contribution in [3.05, 3.63) is 49.8 Å². The van der Waals surface area contributed by atoms with Crippen LogP contribution in [0.15, 0.2) is 6.20 Å². The Morgan fingerprint density at radius 1 is 1.00 bits per heavy atom. The van der Waals surface area contributed by atoms with Gasteiger partial charge in [-0.3, -0.25) is 4.79 Å². The summed E-state index contributed by atoms with van der Waals surface area (Å²) in [6.07, 6.45) is 1.70. The minimum atomic E-state index is -0.769. The smallest absolute Gasteiger partial charge is 0.487 e. The van der Waals surface area contributed by atoms with Crippen molar-refractivity contribution in [2.24, 2.45) is 0 Å². The van der Waals surface area contributed by atoms with E-state index in [-0.39, 0.29) is 70.0 Å². The maximum atomic E-state index is 11.7. The zero-order chi connectivity index (χ0) is 27.6. The van der Waals surface area contributed by atoms with Crippen molar-refractivity contribution in [1.29, 1.82) is 0 Å². The number of aldehydes is 1. The number of ether oxygens (including phenoxy) is 2. The van der Waals surface area contributed by atoms with E-state index in [1.807, 2.05) is 27.7 Å². The zero-order valence-electron chi connectivity index (χ0n) is 21.6. The summed E-state index contributed by atoms with van der Waals surface area (Å²) in [4.78, 5) is 35.9. The van der Waals surface area contributed by atoms with E-state index in [0.717, 1.165) is 22.3 Å². The van der Waals surface area contributed by atoms with Crippen molar-refractivity contribution in [3.8, 4) is 0 Å². The third kappa shape index (κ3) is 9.95. The van der Waals surface area contributed by atoms with E-state index >= 15 is 0 Å². The summed E-state index contributed by atoms with van der Waals surface area (Å²) in [5.74, 6) is -0.775. The molecule has 0 atom stereocenters. The van der Waals surface area contributed by atoms with E-state index < -0.39 is 17.3 Å². The van der Waals surface area contributed by atoms with Crippen molar-refractivity contribution in [2.75, 3.05) is 18.9 Å². The van der Waals surface area contributed by atoms with Gasteiger partial charge >= 0.3 is 57.4 Å². The topological polar surface area (TPSA) is 152 Å². The van der Waals surface area contributed by atoms with Crippen molar-refractivity contribution in [3.63, 3.8) is 0 Å². The van der Waals surface area contributed by atoms with Crippen LogP contribution in [0.5, 0.6) is 0 Å². The Labute approximate surface area is 272 Å². The molecule has 3 aromatic rings. The molecule has 11 nitrogen and oxygen atoms in total. The second-order valence-corrected chi connectivity index (χ2v) is 8.08. The van der Waals surface area contributed by atoms with Gasteiger partial charge in [-0.05, 0) is 63.8 Å². The number of rotatable bonds is 5. The van der Waals surface area contributed by atoms with Crippen LogP contribution in [0.25, 0.3) is 5.65 Å². The molecule has 0 aromatic carbocycles. The van der Waals surface area contributed by atoms with Crippen LogP contribution < -0.4 is 57.1 Å². The number of nitrogens with zero attached hydrogens (tertiary/aromatic N) is 5. The Hall–Kier alpha value is -1.51. The molecule has 3 aromatic heterocycles. The van der Waals surface area contributed by atoms with Crippen LogP contribution in [0.3, 0.4) is 0 Å². The molecule has 0 aliphatic heterocycles. The summed E-state index contributed by atoms with van der Waals surface area (Å²) in [5, 5.41) is 11.7. The third-order valence-corrected chi connectivity index (χ3v) is 5.65. The van der Waals surface area contributed by atoms with Crippen LogP contribution in [0.2, 0.25) is 10.3 Å². The van der Waals surface area contributed by atoms with E-state index in [0.29, 0.717) is 28.4 Å². The maximum Gasteiger partial charge on any atom is 1.00 e. The second kappa shape index (κ2) is 17.1. The summed E-state index contributed by atoms with van der Waals surface area (Å²) in [6.45, 7) is 11.4. The predicted molar refractivity (Wildman–Crippen MR) is 136 cm³/mol. The first kappa shape index (κ1) is 35.5. The van der Waals surface area contributed by atoms with Crippen LogP contribution in [0.4, 0.5) is 5.82 Å². The number of aryl methyl sites for hydroxylation is 1. The van der Waals surface area contributed by atoms with Gasteiger partial charge in [0.1, 0.15) is 5.82 Å². The Bertz CT molecular complexity index is 1210. The minimum Gasteiger partial charge on any atom is -0.487 e. The molecule has 0 bridgehead atoms. The van der Waals surface area contributed by atoms with Gasteiger partial charge in [0.25, 0.3) is 0 Å². The van der Waals surface area contributed by atoms with E-state index in [1.54, 1.807) is 13.8 Å². The molecule has 196 valence electrons. The molecule has 3 rings (SSSR count). The average molecular weight is 600 g/mol. The molecule has 0 radical (unpaired) electrons. The maximum absolute atomic E-state index is 11.7. The molecule has 3 heterocycles. The molecule has 0 aliphatic carbocycles. The number of fused-ring (bicyclic) bond motifs is 1. The molecule has 0 spiro atoms. The molecule has 0 unspecified atom stereocenters. The Balaban J connectivity index is 0.000000560. The van der Waals surface area contributed by atoms with Crippen LogP contribution >= 0.6 is 34.8 Å². The molecule has 2 N–H and O–H groups in total. The third-order valence-electron chi connectivity index (χ3n) is 4.69. The van der Waals surface area contributed by atoms with Crippen molar-refractivity contribution >= 4 is 64.5 Å². The first-order chi connectivity index (χ1) is 16.9. The number of anilines is 1. The van der Waals surface area contributed by atoms with Gasteiger partial charge in [0.15, 0.2) is 27.6 Å². The number of hydrogen-bond donors (Lipinski definition) is 1. The van der Waals surface area contributed by atoms with Gasteiger partial charge in [-0.25, -0.2) is 14.3 Å². The average Bonchev–Trinajstić information content (AvgIpc) is 3.28. The number of hydrogen-bond acceptors (Lipinski definition) is 10. The first-order valence-corrected chi connectivity index (χ1v) is 11.6. The molecule has 0 fully saturated rings. The van der Waals surface area contributed by atoms with Crippen molar-refractivity contribution in [2.45, 2.75) is 41.5 Å². The minimum absolute atomic E-state index is 0. The molecule has 0 amide bonds. The molecule has 0 saturated heterocycles. The number of nitrogens with two attached hydrogens (primary N) is 1.